The largest absolute Gasteiger partial charge is 0.273 e. The number of anilines is 1. The molecule has 1 aliphatic rings. The van der Waals surface area contributed by atoms with Crippen LogP contribution in [0.4, 0.5) is 5.95 Å². The fourth-order valence-corrected chi connectivity index (χ4v) is 4.29. The molecular weight excluding hydrogens is 322 g/mol. The molecule has 0 radical (unpaired) electrons. The van der Waals surface area contributed by atoms with E-state index in [9.17, 15) is 9.00 Å². The van der Waals surface area contributed by atoms with Gasteiger partial charge < -0.3 is 0 Å². The Labute approximate surface area is 135 Å². The Morgan fingerprint density at radius 3 is 2.50 bits per heavy atom. The smallest absolute Gasteiger partial charge is 0.243 e. The molecule has 22 heavy (non-hydrogen) atoms. The van der Waals surface area contributed by atoms with Gasteiger partial charge in [0.05, 0.1) is 10.8 Å². The number of hydrogen-bond acceptors (Lipinski definition) is 4. The summed E-state index contributed by atoms with van der Waals surface area (Å²) in [5, 5.41) is -0.174. The van der Waals surface area contributed by atoms with Crippen molar-refractivity contribution in [2.24, 2.45) is 0 Å². The molecule has 1 aromatic heterocycles. The van der Waals surface area contributed by atoms with Crippen molar-refractivity contribution < 1.29 is 9.00 Å². The Kier molecular flexibility index (Phi) is 3.97. The van der Waals surface area contributed by atoms with Gasteiger partial charge in [-0.15, -0.1) is 0 Å². The maximum atomic E-state index is 12.4. The summed E-state index contributed by atoms with van der Waals surface area (Å²) in [6, 6.07) is 8.92. The van der Waals surface area contributed by atoms with E-state index in [0.29, 0.717) is 10.6 Å². The highest BCUT2D eigenvalue weighted by molar-refractivity contribution is 7.86. The third-order valence-corrected chi connectivity index (χ3v) is 5.21. The average molecular weight is 336 g/mol. The first-order valence-electron chi connectivity index (χ1n) is 6.73. The fraction of sp³-hybridized carbons (Fsp3) is 0.267. The molecule has 3 rings (SSSR count). The molecule has 2 aromatic rings. The van der Waals surface area contributed by atoms with Gasteiger partial charge in [-0.2, -0.15) is 0 Å². The number of halogens is 1. The molecule has 1 fully saturated rings. The highest BCUT2D eigenvalue weighted by Gasteiger charge is 2.42. The molecule has 0 bridgehead atoms. The standard InChI is InChI=1S/C15H14ClN3O2S/c1-9-7-10(2)18-15(17-9)19-13(20)8-22(21)14(19)11-5-3-4-6-12(11)16/h3-7,14H,8H2,1-2H3. The molecule has 7 heteroatoms. The van der Waals surface area contributed by atoms with Crippen LogP contribution in [0.25, 0.3) is 0 Å². The van der Waals surface area contributed by atoms with Crippen LogP contribution in [-0.2, 0) is 15.6 Å². The molecule has 0 spiro atoms. The van der Waals surface area contributed by atoms with Gasteiger partial charge in [0.25, 0.3) is 0 Å². The number of hydrogen-bond donors (Lipinski definition) is 0. The summed E-state index contributed by atoms with van der Waals surface area (Å²) in [6.45, 7) is 3.67. The second-order valence-electron chi connectivity index (χ2n) is 5.11. The zero-order chi connectivity index (χ0) is 15.9. The second kappa shape index (κ2) is 5.78. The molecule has 0 N–H and O–H groups in total. The van der Waals surface area contributed by atoms with E-state index in [-0.39, 0.29) is 17.6 Å². The van der Waals surface area contributed by atoms with Gasteiger partial charge >= 0.3 is 0 Å². The van der Waals surface area contributed by atoms with Crippen LogP contribution in [0.1, 0.15) is 22.3 Å². The van der Waals surface area contributed by atoms with Gasteiger partial charge in [0.15, 0.2) is 0 Å². The number of benzene rings is 1. The van der Waals surface area contributed by atoms with Crippen LogP contribution < -0.4 is 4.90 Å². The minimum Gasteiger partial charge on any atom is -0.273 e. The zero-order valence-electron chi connectivity index (χ0n) is 12.1. The molecular formula is C15H14ClN3O2S. The summed E-state index contributed by atoms with van der Waals surface area (Å²) in [5.41, 5.74) is 2.16. The van der Waals surface area contributed by atoms with Crippen molar-refractivity contribution in [1.29, 1.82) is 0 Å². The summed E-state index contributed by atoms with van der Waals surface area (Å²) >= 11 is 6.22. The molecule has 0 aliphatic carbocycles. The average Bonchev–Trinajstić information content (AvgIpc) is 2.73. The number of aryl methyl sites for hydroxylation is 2. The number of rotatable bonds is 2. The molecule has 2 unspecified atom stereocenters. The summed E-state index contributed by atoms with van der Waals surface area (Å²) in [5.74, 6) is -0.0294. The van der Waals surface area contributed by atoms with Crippen molar-refractivity contribution in [1.82, 2.24) is 9.97 Å². The van der Waals surface area contributed by atoms with Crippen LogP contribution in [0.5, 0.6) is 0 Å². The van der Waals surface area contributed by atoms with E-state index in [0.717, 1.165) is 11.4 Å². The van der Waals surface area contributed by atoms with Gasteiger partial charge in [0.2, 0.25) is 11.9 Å². The lowest BCUT2D eigenvalue weighted by Crippen LogP contribution is -2.30. The lowest BCUT2D eigenvalue weighted by atomic mass is 10.2. The molecule has 1 aromatic carbocycles. The third kappa shape index (κ3) is 2.64. The molecule has 2 heterocycles. The lowest BCUT2D eigenvalue weighted by molar-refractivity contribution is -0.115. The van der Waals surface area contributed by atoms with Crippen molar-refractivity contribution in [2.45, 2.75) is 19.2 Å². The third-order valence-electron chi connectivity index (χ3n) is 3.38. The maximum absolute atomic E-state index is 12.4. The fourth-order valence-electron chi connectivity index (χ4n) is 2.51. The van der Waals surface area contributed by atoms with E-state index in [1.165, 1.54) is 4.90 Å². The van der Waals surface area contributed by atoms with Gasteiger partial charge in [-0.1, -0.05) is 29.8 Å². The van der Waals surface area contributed by atoms with Gasteiger partial charge in [0, 0.05) is 22.0 Å². The Bertz CT molecular complexity index is 761. The Morgan fingerprint density at radius 2 is 1.86 bits per heavy atom. The van der Waals surface area contributed by atoms with E-state index in [1.807, 2.05) is 26.0 Å². The lowest BCUT2D eigenvalue weighted by Gasteiger charge is -2.23. The number of nitrogens with zero attached hydrogens (tertiary/aromatic N) is 3. The highest BCUT2D eigenvalue weighted by atomic mass is 35.5. The van der Waals surface area contributed by atoms with E-state index in [1.54, 1.807) is 18.2 Å². The zero-order valence-corrected chi connectivity index (χ0v) is 13.7. The quantitative estimate of drug-likeness (QED) is 0.846. The van der Waals surface area contributed by atoms with Crippen molar-refractivity contribution in [3.05, 3.63) is 52.3 Å². The number of carbonyl (C=O) groups excluding carboxylic acids is 1. The van der Waals surface area contributed by atoms with Crippen molar-refractivity contribution in [3.63, 3.8) is 0 Å². The SMILES string of the molecule is Cc1cc(C)nc(N2C(=O)CS(=O)C2c2ccccc2Cl)n1. The molecule has 1 saturated heterocycles. The number of amides is 1. The van der Waals surface area contributed by atoms with Crippen LogP contribution >= 0.6 is 11.6 Å². The first-order valence-corrected chi connectivity index (χ1v) is 8.49. The normalized spacial score (nSPS) is 21.4. The van der Waals surface area contributed by atoms with Crippen LogP contribution in [0.3, 0.4) is 0 Å². The Morgan fingerprint density at radius 1 is 1.23 bits per heavy atom. The summed E-state index contributed by atoms with van der Waals surface area (Å²) in [4.78, 5) is 22.4. The van der Waals surface area contributed by atoms with Crippen LogP contribution in [-0.4, -0.2) is 25.8 Å². The van der Waals surface area contributed by atoms with Gasteiger partial charge in [0.1, 0.15) is 11.1 Å². The Hall–Kier alpha value is -1.79. The van der Waals surface area contributed by atoms with Gasteiger partial charge in [-0.05, 0) is 26.0 Å². The van der Waals surface area contributed by atoms with E-state index < -0.39 is 16.2 Å². The van der Waals surface area contributed by atoms with Crippen LogP contribution in [0.15, 0.2) is 30.3 Å². The summed E-state index contributed by atoms with van der Waals surface area (Å²) < 4.78 is 12.4. The van der Waals surface area contributed by atoms with Crippen LogP contribution in [0, 0.1) is 13.8 Å². The summed E-state index contributed by atoms with van der Waals surface area (Å²) in [7, 11) is -1.38. The van der Waals surface area contributed by atoms with Crippen molar-refractivity contribution in [3.8, 4) is 0 Å². The van der Waals surface area contributed by atoms with E-state index >= 15 is 0 Å². The predicted molar refractivity (Wildman–Crippen MR) is 86.2 cm³/mol. The van der Waals surface area contributed by atoms with E-state index in [4.69, 9.17) is 11.6 Å². The molecule has 5 nitrogen and oxygen atoms in total. The number of aromatic nitrogens is 2. The number of carbonyl (C=O) groups is 1. The van der Waals surface area contributed by atoms with Crippen molar-refractivity contribution >= 4 is 34.3 Å². The topological polar surface area (TPSA) is 63.2 Å². The minimum absolute atomic E-state index is 0.0494. The highest BCUT2D eigenvalue weighted by Crippen LogP contribution is 2.36. The molecule has 1 amide bonds. The molecule has 114 valence electrons. The molecule has 1 aliphatic heterocycles. The first kappa shape index (κ1) is 15.1. The molecule has 0 saturated carbocycles. The maximum Gasteiger partial charge on any atom is 0.243 e. The second-order valence-corrected chi connectivity index (χ2v) is 7.02. The van der Waals surface area contributed by atoms with Crippen molar-refractivity contribution in [2.75, 3.05) is 10.7 Å². The summed E-state index contributed by atoms with van der Waals surface area (Å²) in [6.07, 6.45) is 0. The monoisotopic (exact) mass is 335 g/mol. The van der Waals surface area contributed by atoms with Gasteiger partial charge in [-0.3, -0.25) is 13.9 Å². The molecule has 2 atom stereocenters. The van der Waals surface area contributed by atoms with Gasteiger partial charge in [-0.25, -0.2) is 9.97 Å². The minimum atomic E-state index is -1.38. The predicted octanol–water partition coefficient (Wildman–Crippen LogP) is 2.54. The van der Waals surface area contributed by atoms with E-state index in [2.05, 4.69) is 9.97 Å². The first-order chi connectivity index (χ1) is 10.5. The van der Waals surface area contributed by atoms with Crippen LogP contribution in [0.2, 0.25) is 5.02 Å². The Balaban J connectivity index is 2.13.